The van der Waals surface area contributed by atoms with E-state index < -0.39 is 0 Å². The predicted octanol–water partition coefficient (Wildman–Crippen LogP) is 6.06. The molecule has 3 aromatic carbocycles. The van der Waals surface area contributed by atoms with Crippen LogP contribution in [0, 0.1) is 13.8 Å². The minimum atomic E-state index is -0.131. The van der Waals surface area contributed by atoms with Gasteiger partial charge in [-0.25, -0.2) is 4.98 Å². The van der Waals surface area contributed by atoms with E-state index in [1.165, 1.54) is 0 Å². The standard InChI is InChI=1S/C28H24N2O3/c1-18-9-10-22(15-19(18)2)28(31)29-23-6-3-5-20(16-23)24-7-4-8-25(30-24)21-11-12-26-27(17-21)33-14-13-32-26/h3-12,15-17H,13-14H2,1-2H3,(H,29,31). The monoisotopic (exact) mass is 436 g/mol. The third-order valence-corrected chi connectivity index (χ3v) is 5.77. The van der Waals surface area contributed by atoms with Gasteiger partial charge in [-0.1, -0.05) is 24.3 Å². The number of carbonyl (C=O) groups excluding carboxylic acids is 1. The average molecular weight is 437 g/mol. The summed E-state index contributed by atoms with van der Waals surface area (Å²) in [5.41, 5.74) is 7.17. The smallest absolute Gasteiger partial charge is 0.255 e. The molecule has 1 aliphatic rings. The Morgan fingerprint density at radius 2 is 1.48 bits per heavy atom. The molecule has 0 unspecified atom stereocenters. The number of nitrogens with zero attached hydrogens (tertiary/aromatic N) is 1. The molecule has 0 saturated carbocycles. The highest BCUT2D eigenvalue weighted by molar-refractivity contribution is 6.04. The molecule has 5 heteroatoms. The Morgan fingerprint density at radius 3 is 2.27 bits per heavy atom. The lowest BCUT2D eigenvalue weighted by Crippen LogP contribution is -2.15. The number of ether oxygens (including phenoxy) is 2. The molecule has 1 aliphatic heterocycles. The lowest BCUT2D eigenvalue weighted by Gasteiger charge is -2.18. The first-order chi connectivity index (χ1) is 16.1. The largest absolute Gasteiger partial charge is 0.486 e. The lowest BCUT2D eigenvalue weighted by atomic mass is 10.1. The maximum Gasteiger partial charge on any atom is 0.255 e. The number of nitrogens with one attached hydrogen (secondary N) is 1. The summed E-state index contributed by atoms with van der Waals surface area (Å²) >= 11 is 0. The Labute approximate surface area is 193 Å². The van der Waals surface area contributed by atoms with E-state index >= 15 is 0 Å². The second-order valence-electron chi connectivity index (χ2n) is 8.10. The van der Waals surface area contributed by atoms with Crippen molar-refractivity contribution in [1.29, 1.82) is 0 Å². The molecular formula is C28H24N2O3. The maximum absolute atomic E-state index is 12.7. The number of anilines is 1. The number of pyridine rings is 1. The summed E-state index contributed by atoms with van der Waals surface area (Å²) in [5.74, 6) is 1.36. The average Bonchev–Trinajstić information content (AvgIpc) is 2.85. The van der Waals surface area contributed by atoms with Crippen LogP contribution in [0.3, 0.4) is 0 Å². The molecule has 164 valence electrons. The van der Waals surface area contributed by atoms with Crippen LogP contribution in [0.25, 0.3) is 22.5 Å². The van der Waals surface area contributed by atoms with Crippen LogP contribution in [-0.4, -0.2) is 24.1 Å². The molecule has 4 aromatic rings. The van der Waals surface area contributed by atoms with Crippen molar-refractivity contribution in [1.82, 2.24) is 4.98 Å². The summed E-state index contributed by atoms with van der Waals surface area (Å²) in [5, 5.41) is 3.00. The molecule has 0 aliphatic carbocycles. The number of aromatic nitrogens is 1. The van der Waals surface area contributed by atoms with Crippen molar-refractivity contribution in [2.24, 2.45) is 0 Å². The third kappa shape index (κ3) is 4.44. The highest BCUT2D eigenvalue weighted by atomic mass is 16.6. The highest BCUT2D eigenvalue weighted by Gasteiger charge is 2.14. The molecule has 1 aromatic heterocycles. The molecule has 1 amide bonds. The summed E-state index contributed by atoms with van der Waals surface area (Å²) in [4.78, 5) is 17.6. The zero-order valence-corrected chi connectivity index (χ0v) is 18.6. The van der Waals surface area contributed by atoms with E-state index in [2.05, 4.69) is 5.32 Å². The van der Waals surface area contributed by atoms with Crippen LogP contribution in [0.15, 0.2) is 78.9 Å². The van der Waals surface area contributed by atoms with E-state index in [0.29, 0.717) is 18.8 Å². The van der Waals surface area contributed by atoms with Gasteiger partial charge in [-0.15, -0.1) is 0 Å². The van der Waals surface area contributed by atoms with E-state index in [1.54, 1.807) is 0 Å². The molecule has 33 heavy (non-hydrogen) atoms. The molecule has 0 fully saturated rings. The maximum atomic E-state index is 12.7. The quantitative estimate of drug-likeness (QED) is 0.423. The highest BCUT2D eigenvalue weighted by Crippen LogP contribution is 2.34. The van der Waals surface area contributed by atoms with Gasteiger partial charge in [0.1, 0.15) is 13.2 Å². The van der Waals surface area contributed by atoms with Crippen LogP contribution in [-0.2, 0) is 0 Å². The van der Waals surface area contributed by atoms with Crippen LogP contribution in [0.4, 0.5) is 5.69 Å². The third-order valence-electron chi connectivity index (χ3n) is 5.77. The fourth-order valence-electron chi connectivity index (χ4n) is 3.80. The van der Waals surface area contributed by atoms with E-state index in [9.17, 15) is 4.79 Å². The number of hydrogen-bond donors (Lipinski definition) is 1. The number of benzene rings is 3. The first kappa shape index (κ1) is 20.8. The van der Waals surface area contributed by atoms with Crippen LogP contribution in [0.1, 0.15) is 21.5 Å². The van der Waals surface area contributed by atoms with Crippen molar-refractivity contribution >= 4 is 11.6 Å². The second kappa shape index (κ2) is 8.79. The first-order valence-corrected chi connectivity index (χ1v) is 10.9. The van der Waals surface area contributed by atoms with Crippen LogP contribution >= 0.6 is 0 Å². The zero-order valence-electron chi connectivity index (χ0n) is 18.6. The van der Waals surface area contributed by atoms with E-state index in [4.69, 9.17) is 14.5 Å². The summed E-state index contributed by atoms with van der Waals surface area (Å²) < 4.78 is 11.3. The Balaban J connectivity index is 1.40. The van der Waals surface area contributed by atoms with Crippen molar-refractivity contribution in [3.8, 4) is 34.0 Å². The molecule has 1 N–H and O–H groups in total. The van der Waals surface area contributed by atoms with Gasteiger partial charge in [0.2, 0.25) is 0 Å². The Hall–Kier alpha value is -4.12. The van der Waals surface area contributed by atoms with Gasteiger partial charge in [-0.05, 0) is 79.6 Å². The molecule has 0 bridgehead atoms. The summed E-state index contributed by atoms with van der Waals surface area (Å²) in [6.45, 7) is 5.15. The fraction of sp³-hybridized carbons (Fsp3) is 0.143. The van der Waals surface area contributed by atoms with Gasteiger partial charge < -0.3 is 14.8 Å². The topological polar surface area (TPSA) is 60.5 Å². The minimum absolute atomic E-state index is 0.131. The van der Waals surface area contributed by atoms with Crippen LogP contribution in [0.5, 0.6) is 11.5 Å². The predicted molar refractivity (Wildman–Crippen MR) is 130 cm³/mol. The van der Waals surface area contributed by atoms with E-state index in [1.807, 2.05) is 92.7 Å². The molecule has 0 saturated heterocycles. The number of rotatable bonds is 4. The lowest BCUT2D eigenvalue weighted by molar-refractivity contribution is 0.102. The Kier molecular flexibility index (Phi) is 5.53. The normalized spacial score (nSPS) is 12.3. The second-order valence-corrected chi connectivity index (χ2v) is 8.10. The number of hydrogen-bond acceptors (Lipinski definition) is 4. The summed E-state index contributed by atoms with van der Waals surface area (Å²) in [6.07, 6.45) is 0. The minimum Gasteiger partial charge on any atom is -0.486 e. The molecular weight excluding hydrogens is 412 g/mol. The van der Waals surface area contributed by atoms with Crippen molar-refractivity contribution in [2.45, 2.75) is 13.8 Å². The number of carbonyl (C=O) groups is 1. The van der Waals surface area contributed by atoms with E-state index in [-0.39, 0.29) is 5.91 Å². The summed E-state index contributed by atoms with van der Waals surface area (Å²) in [6, 6.07) is 25.2. The molecule has 0 atom stereocenters. The SMILES string of the molecule is Cc1ccc(C(=O)Nc2cccc(-c3cccc(-c4ccc5c(c4)OCCO5)n3)c2)cc1C. The van der Waals surface area contributed by atoms with Crippen molar-refractivity contribution < 1.29 is 14.3 Å². The molecule has 0 radical (unpaired) electrons. The van der Waals surface area contributed by atoms with Crippen molar-refractivity contribution in [3.63, 3.8) is 0 Å². The molecule has 2 heterocycles. The number of aryl methyl sites for hydroxylation is 2. The van der Waals surface area contributed by atoms with Crippen LogP contribution in [0.2, 0.25) is 0 Å². The van der Waals surface area contributed by atoms with Crippen LogP contribution < -0.4 is 14.8 Å². The van der Waals surface area contributed by atoms with Gasteiger partial charge in [0.15, 0.2) is 11.5 Å². The van der Waals surface area contributed by atoms with Gasteiger partial charge in [0.25, 0.3) is 5.91 Å². The zero-order chi connectivity index (χ0) is 22.8. The first-order valence-electron chi connectivity index (χ1n) is 10.9. The van der Waals surface area contributed by atoms with Gasteiger partial charge in [0.05, 0.1) is 11.4 Å². The fourth-order valence-corrected chi connectivity index (χ4v) is 3.80. The summed E-state index contributed by atoms with van der Waals surface area (Å²) in [7, 11) is 0. The van der Waals surface area contributed by atoms with Gasteiger partial charge >= 0.3 is 0 Å². The van der Waals surface area contributed by atoms with Crippen molar-refractivity contribution in [2.75, 3.05) is 18.5 Å². The number of amides is 1. The van der Waals surface area contributed by atoms with Gasteiger partial charge in [0, 0.05) is 22.4 Å². The Morgan fingerprint density at radius 1 is 0.758 bits per heavy atom. The van der Waals surface area contributed by atoms with Gasteiger partial charge in [-0.3, -0.25) is 4.79 Å². The van der Waals surface area contributed by atoms with E-state index in [0.717, 1.165) is 50.8 Å². The van der Waals surface area contributed by atoms with Crippen molar-refractivity contribution in [3.05, 3.63) is 95.6 Å². The Bertz CT molecular complexity index is 1350. The van der Waals surface area contributed by atoms with Gasteiger partial charge in [-0.2, -0.15) is 0 Å². The molecule has 5 rings (SSSR count). The molecule has 5 nitrogen and oxygen atoms in total. The molecule has 0 spiro atoms. The number of fused-ring (bicyclic) bond motifs is 1.